The largest absolute Gasteiger partial charge is 0.477 e. The summed E-state index contributed by atoms with van der Waals surface area (Å²) in [5, 5.41) is 12.6. The summed E-state index contributed by atoms with van der Waals surface area (Å²) < 4.78 is 1.70. The van der Waals surface area contributed by atoms with Crippen molar-refractivity contribution in [2.24, 2.45) is 7.05 Å². The van der Waals surface area contributed by atoms with E-state index in [-0.39, 0.29) is 5.56 Å². The van der Waals surface area contributed by atoms with Crippen LogP contribution in [0.1, 0.15) is 21.5 Å². The fraction of sp³-hybridized carbons (Fsp3) is 0.211. The van der Waals surface area contributed by atoms with Crippen LogP contribution in [-0.4, -0.2) is 27.7 Å². The average Bonchev–Trinajstić information content (AvgIpc) is 2.57. The van der Waals surface area contributed by atoms with Crippen LogP contribution in [0.25, 0.3) is 22.0 Å². The second-order valence-corrected chi connectivity index (χ2v) is 6.06. The standard InChI is InChI=1S/C19H19N3O3/c1-10-7-12(8-21-18(10)20-3)13-5-6-14-16(11(13)2)22(4)9-15(17(14)23)19(24)25/h5-9H,1-4H3,(H,20,21)(H,24,25). The van der Waals surface area contributed by atoms with Gasteiger partial charge in [-0.3, -0.25) is 4.79 Å². The van der Waals surface area contributed by atoms with Gasteiger partial charge in [0.25, 0.3) is 0 Å². The minimum Gasteiger partial charge on any atom is -0.477 e. The van der Waals surface area contributed by atoms with E-state index >= 15 is 0 Å². The molecule has 0 aliphatic heterocycles. The number of aryl methyl sites for hydroxylation is 3. The maximum absolute atomic E-state index is 12.4. The molecular formula is C19H19N3O3. The maximum atomic E-state index is 12.4. The number of rotatable bonds is 3. The number of carboxylic acids is 1. The Morgan fingerprint density at radius 2 is 2.00 bits per heavy atom. The maximum Gasteiger partial charge on any atom is 0.341 e. The number of pyridine rings is 2. The topological polar surface area (TPSA) is 84.2 Å². The summed E-state index contributed by atoms with van der Waals surface area (Å²) >= 11 is 0. The molecule has 3 aromatic rings. The first-order chi connectivity index (χ1) is 11.8. The molecule has 0 unspecified atom stereocenters. The molecule has 0 amide bonds. The first-order valence-electron chi connectivity index (χ1n) is 7.86. The fourth-order valence-electron chi connectivity index (χ4n) is 3.25. The molecule has 0 aliphatic rings. The Labute approximate surface area is 144 Å². The molecule has 0 saturated heterocycles. The van der Waals surface area contributed by atoms with Gasteiger partial charge in [0.1, 0.15) is 11.4 Å². The molecule has 0 atom stereocenters. The van der Waals surface area contributed by atoms with Gasteiger partial charge in [-0.05, 0) is 42.7 Å². The van der Waals surface area contributed by atoms with Crippen molar-refractivity contribution in [1.29, 1.82) is 0 Å². The molecule has 128 valence electrons. The third kappa shape index (κ3) is 2.65. The Hall–Kier alpha value is -3.15. The van der Waals surface area contributed by atoms with Crippen molar-refractivity contribution >= 4 is 22.7 Å². The number of nitrogens with one attached hydrogen (secondary N) is 1. The first-order valence-corrected chi connectivity index (χ1v) is 7.86. The van der Waals surface area contributed by atoms with E-state index in [0.717, 1.165) is 33.6 Å². The van der Waals surface area contributed by atoms with Crippen molar-refractivity contribution in [2.75, 3.05) is 12.4 Å². The van der Waals surface area contributed by atoms with Crippen LogP contribution in [0.5, 0.6) is 0 Å². The minimum absolute atomic E-state index is 0.224. The van der Waals surface area contributed by atoms with Gasteiger partial charge in [0.05, 0.1) is 5.52 Å². The Morgan fingerprint density at radius 1 is 1.28 bits per heavy atom. The minimum atomic E-state index is -1.22. The number of hydrogen-bond acceptors (Lipinski definition) is 4. The van der Waals surface area contributed by atoms with E-state index in [1.54, 1.807) is 23.9 Å². The Balaban J connectivity index is 2.30. The molecule has 6 nitrogen and oxygen atoms in total. The number of benzene rings is 1. The molecule has 0 radical (unpaired) electrons. The van der Waals surface area contributed by atoms with Crippen molar-refractivity contribution in [1.82, 2.24) is 9.55 Å². The van der Waals surface area contributed by atoms with E-state index in [1.165, 1.54) is 6.20 Å². The molecule has 0 bridgehead atoms. The predicted molar refractivity (Wildman–Crippen MR) is 98.4 cm³/mol. The summed E-state index contributed by atoms with van der Waals surface area (Å²) in [6.45, 7) is 3.91. The van der Waals surface area contributed by atoms with Crippen LogP contribution in [0.3, 0.4) is 0 Å². The second-order valence-electron chi connectivity index (χ2n) is 6.06. The average molecular weight is 337 g/mol. The van der Waals surface area contributed by atoms with E-state index in [9.17, 15) is 14.7 Å². The van der Waals surface area contributed by atoms with Gasteiger partial charge in [0, 0.05) is 37.4 Å². The van der Waals surface area contributed by atoms with Crippen molar-refractivity contribution in [3.63, 3.8) is 0 Å². The molecule has 1 aromatic carbocycles. The zero-order chi connectivity index (χ0) is 18.3. The molecule has 25 heavy (non-hydrogen) atoms. The van der Waals surface area contributed by atoms with Crippen molar-refractivity contribution in [3.05, 3.63) is 57.5 Å². The normalized spacial score (nSPS) is 10.9. The highest BCUT2D eigenvalue weighted by atomic mass is 16.4. The van der Waals surface area contributed by atoms with Gasteiger partial charge in [-0.15, -0.1) is 0 Å². The van der Waals surface area contributed by atoms with E-state index < -0.39 is 11.4 Å². The van der Waals surface area contributed by atoms with Crippen molar-refractivity contribution < 1.29 is 9.90 Å². The summed E-state index contributed by atoms with van der Waals surface area (Å²) in [4.78, 5) is 28.1. The lowest BCUT2D eigenvalue weighted by Gasteiger charge is -2.14. The van der Waals surface area contributed by atoms with Crippen molar-refractivity contribution in [2.45, 2.75) is 13.8 Å². The molecule has 0 fully saturated rings. The van der Waals surface area contributed by atoms with Gasteiger partial charge in [-0.1, -0.05) is 6.07 Å². The summed E-state index contributed by atoms with van der Waals surface area (Å²) in [5.74, 6) is -0.396. The van der Waals surface area contributed by atoms with E-state index in [4.69, 9.17) is 0 Å². The number of nitrogens with zero attached hydrogens (tertiary/aromatic N) is 2. The Bertz CT molecular complexity index is 1070. The highest BCUT2D eigenvalue weighted by Crippen LogP contribution is 2.30. The number of carbonyl (C=O) groups is 1. The number of anilines is 1. The zero-order valence-electron chi connectivity index (χ0n) is 14.5. The van der Waals surface area contributed by atoms with Crippen molar-refractivity contribution in [3.8, 4) is 11.1 Å². The first kappa shape index (κ1) is 16.7. The molecule has 6 heteroatoms. The van der Waals surface area contributed by atoms with Crippen LogP contribution in [-0.2, 0) is 7.05 Å². The van der Waals surface area contributed by atoms with E-state index in [1.807, 2.05) is 33.0 Å². The van der Waals surface area contributed by atoms with E-state index in [2.05, 4.69) is 10.3 Å². The summed E-state index contributed by atoms with van der Waals surface area (Å²) in [7, 11) is 3.57. The lowest BCUT2D eigenvalue weighted by molar-refractivity contribution is 0.0695. The molecule has 2 N–H and O–H groups in total. The van der Waals surface area contributed by atoms with Gasteiger partial charge in [-0.25, -0.2) is 9.78 Å². The fourth-order valence-corrected chi connectivity index (χ4v) is 3.25. The van der Waals surface area contributed by atoms with Gasteiger partial charge in [-0.2, -0.15) is 0 Å². The smallest absolute Gasteiger partial charge is 0.341 e. The van der Waals surface area contributed by atoms with Gasteiger partial charge in [0.2, 0.25) is 5.43 Å². The lowest BCUT2D eigenvalue weighted by Crippen LogP contribution is -2.18. The highest BCUT2D eigenvalue weighted by Gasteiger charge is 2.16. The third-order valence-electron chi connectivity index (χ3n) is 4.45. The van der Waals surface area contributed by atoms with Crippen LogP contribution in [0.15, 0.2) is 35.4 Å². The molecule has 2 heterocycles. The number of hydrogen-bond donors (Lipinski definition) is 2. The lowest BCUT2D eigenvalue weighted by atomic mass is 9.97. The Kier molecular flexibility index (Phi) is 4.04. The number of aromatic carboxylic acids is 1. The predicted octanol–water partition coefficient (Wildman–Crippen LogP) is 2.96. The molecular weight excluding hydrogens is 318 g/mol. The van der Waals surface area contributed by atoms with E-state index in [0.29, 0.717) is 5.39 Å². The number of fused-ring (bicyclic) bond motifs is 1. The van der Waals surface area contributed by atoms with Gasteiger partial charge < -0.3 is 15.0 Å². The molecule has 0 spiro atoms. The second kappa shape index (κ2) is 6.05. The summed E-state index contributed by atoms with van der Waals surface area (Å²) in [5.41, 5.74) is 3.88. The zero-order valence-corrected chi connectivity index (χ0v) is 14.5. The number of aromatic nitrogens is 2. The van der Waals surface area contributed by atoms with Crippen LogP contribution < -0.4 is 10.7 Å². The quantitative estimate of drug-likeness (QED) is 0.767. The highest BCUT2D eigenvalue weighted by molar-refractivity contribution is 5.95. The van der Waals surface area contributed by atoms with Crippen LogP contribution in [0.4, 0.5) is 5.82 Å². The van der Waals surface area contributed by atoms with Gasteiger partial charge >= 0.3 is 5.97 Å². The van der Waals surface area contributed by atoms with Gasteiger partial charge in [0.15, 0.2) is 0 Å². The summed E-state index contributed by atoms with van der Waals surface area (Å²) in [6, 6.07) is 5.57. The molecule has 3 rings (SSSR count). The van der Waals surface area contributed by atoms with Crippen LogP contribution >= 0.6 is 0 Å². The molecule has 2 aromatic heterocycles. The SMILES string of the molecule is CNc1ncc(-c2ccc3c(=O)c(C(=O)O)cn(C)c3c2C)cc1C. The molecule has 0 aliphatic carbocycles. The monoisotopic (exact) mass is 337 g/mol. The molecule has 0 saturated carbocycles. The Morgan fingerprint density at radius 3 is 2.60 bits per heavy atom. The third-order valence-corrected chi connectivity index (χ3v) is 4.45. The summed E-state index contributed by atoms with van der Waals surface area (Å²) in [6.07, 6.45) is 3.16. The van der Waals surface area contributed by atoms with Crippen LogP contribution in [0, 0.1) is 13.8 Å². The van der Waals surface area contributed by atoms with Crippen LogP contribution in [0.2, 0.25) is 0 Å². The number of carboxylic acid groups (broad SMARTS) is 1.